The summed E-state index contributed by atoms with van der Waals surface area (Å²) in [5.41, 5.74) is 2.69. The number of aromatic nitrogens is 1. The predicted octanol–water partition coefficient (Wildman–Crippen LogP) is 2.31. The average molecular weight is 390 g/mol. The molecule has 0 radical (unpaired) electrons. The normalized spacial score (nSPS) is 17.2. The Morgan fingerprint density at radius 2 is 1.72 bits per heavy atom. The number of nitriles is 1. The summed E-state index contributed by atoms with van der Waals surface area (Å²) in [5.74, 6) is 0.836. The monoisotopic (exact) mass is 390 g/mol. The van der Waals surface area contributed by atoms with Gasteiger partial charge in [-0.15, -0.1) is 0 Å². The molecule has 3 heterocycles. The topological polar surface area (TPSA) is 75.5 Å². The first-order chi connectivity index (χ1) is 14.2. The molecule has 2 saturated heterocycles. The van der Waals surface area contributed by atoms with Crippen LogP contribution < -0.4 is 15.1 Å². The number of rotatable bonds is 5. The lowest BCUT2D eigenvalue weighted by molar-refractivity contribution is -0.117. The molecule has 2 aromatic rings. The number of hydrogen-bond donors (Lipinski definition) is 1. The van der Waals surface area contributed by atoms with Gasteiger partial charge in [-0.25, -0.2) is 4.98 Å². The maximum Gasteiger partial charge on any atom is 0.238 e. The highest BCUT2D eigenvalue weighted by molar-refractivity contribution is 5.92. The quantitative estimate of drug-likeness (QED) is 0.844. The van der Waals surface area contributed by atoms with E-state index in [1.54, 1.807) is 12.3 Å². The van der Waals surface area contributed by atoms with Crippen molar-refractivity contribution in [2.24, 2.45) is 0 Å². The fourth-order valence-electron chi connectivity index (χ4n) is 3.93. The van der Waals surface area contributed by atoms with Crippen LogP contribution in [0, 0.1) is 11.3 Å². The van der Waals surface area contributed by atoms with E-state index in [1.807, 2.05) is 18.2 Å². The van der Waals surface area contributed by atoms with E-state index >= 15 is 0 Å². The highest BCUT2D eigenvalue weighted by Gasteiger charge is 2.20. The van der Waals surface area contributed by atoms with Gasteiger partial charge in [0, 0.05) is 56.8 Å². The average Bonchev–Trinajstić information content (AvgIpc) is 3.30. The Hall–Kier alpha value is -3.11. The van der Waals surface area contributed by atoms with Gasteiger partial charge in [-0.05, 0) is 49.2 Å². The SMILES string of the molecule is N#Cc1ccnc(N2CCN(CC(=O)Nc3ccc(N4CCCC4)cc3)CC2)c1. The molecule has 1 aromatic heterocycles. The van der Waals surface area contributed by atoms with Gasteiger partial charge in [0.2, 0.25) is 5.91 Å². The fourth-order valence-corrected chi connectivity index (χ4v) is 3.93. The second kappa shape index (κ2) is 8.93. The summed E-state index contributed by atoms with van der Waals surface area (Å²) in [5, 5.41) is 12.0. The third-order valence-corrected chi connectivity index (χ3v) is 5.56. The number of piperazine rings is 1. The van der Waals surface area contributed by atoms with Crippen molar-refractivity contribution >= 4 is 23.1 Å². The summed E-state index contributed by atoms with van der Waals surface area (Å²) in [4.78, 5) is 23.5. The number of amides is 1. The number of nitrogens with zero attached hydrogens (tertiary/aromatic N) is 5. The Kier molecular flexibility index (Phi) is 5.92. The standard InChI is InChI=1S/C22H26N6O/c23-16-18-7-8-24-21(15-18)28-13-11-26(12-14-28)17-22(29)25-19-3-5-20(6-4-19)27-9-1-2-10-27/h3-8,15H,1-2,9-14,17H2,(H,25,29). The van der Waals surface area contributed by atoms with Crippen LogP contribution in [0.5, 0.6) is 0 Å². The number of hydrogen-bond acceptors (Lipinski definition) is 6. The molecule has 1 amide bonds. The van der Waals surface area contributed by atoms with Gasteiger partial charge in [0.05, 0.1) is 18.2 Å². The summed E-state index contributed by atoms with van der Waals surface area (Å²) in [7, 11) is 0. The molecule has 29 heavy (non-hydrogen) atoms. The molecule has 2 fully saturated rings. The summed E-state index contributed by atoms with van der Waals surface area (Å²) in [6, 6.07) is 13.8. The zero-order valence-corrected chi connectivity index (χ0v) is 16.5. The van der Waals surface area contributed by atoms with Crippen LogP contribution in [-0.2, 0) is 4.79 Å². The number of carbonyl (C=O) groups excluding carboxylic acids is 1. The van der Waals surface area contributed by atoms with Gasteiger partial charge in [-0.2, -0.15) is 5.26 Å². The summed E-state index contributed by atoms with van der Waals surface area (Å²) >= 11 is 0. The molecule has 4 rings (SSSR count). The maximum atomic E-state index is 12.4. The molecule has 0 unspecified atom stereocenters. The lowest BCUT2D eigenvalue weighted by atomic mass is 10.2. The van der Waals surface area contributed by atoms with Gasteiger partial charge in [-0.3, -0.25) is 9.69 Å². The van der Waals surface area contributed by atoms with Crippen LogP contribution in [0.3, 0.4) is 0 Å². The van der Waals surface area contributed by atoms with Crippen molar-refractivity contribution in [3.05, 3.63) is 48.2 Å². The van der Waals surface area contributed by atoms with Crippen molar-refractivity contribution in [3.8, 4) is 6.07 Å². The maximum absolute atomic E-state index is 12.4. The van der Waals surface area contributed by atoms with Gasteiger partial charge < -0.3 is 15.1 Å². The number of anilines is 3. The minimum atomic E-state index is 0.0111. The molecular formula is C22H26N6O. The second-order valence-electron chi connectivity index (χ2n) is 7.57. The van der Waals surface area contributed by atoms with E-state index in [0.29, 0.717) is 12.1 Å². The number of pyridine rings is 1. The first kappa shape index (κ1) is 19.2. The molecule has 0 aliphatic carbocycles. The molecule has 0 bridgehead atoms. The minimum Gasteiger partial charge on any atom is -0.372 e. The van der Waals surface area contributed by atoms with Crippen LogP contribution >= 0.6 is 0 Å². The Balaban J connectivity index is 1.25. The summed E-state index contributed by atoms with van der Waals surface area (Å²) < 4.78 is 0. The van der Waals surface area contributed by atoms with Crippen LogP contribution in [0.2, 0.25) is 0 Å². The molecule has 7 heteroatoms. The fraction of sp³-hybridized carbons (Fsp3) is 0.409. The van der Waals surface area contributed by atoms with Crippen molar-refractivity contribution in [2.75, 3.05) is 60.9 Å². The van der Waals surface area contributed by atoms with Crippen LogP contribution in [0.1, 0.15) is 18.4 Å². The molecule has 7 nitrogen and oxygen atoms in total. The molecule has 0 spiro atoms. The molecule has 1 aromatic carbocycles. The highest BCUT2D eigenvalue weighted by Crippen LogP contribution is 2.22. The molecule has 0 saturated carbocycles. The first-order valence-electron chi connectivity index (χ1n) is 10.2. The molecule has 0 atom stereocenters. The zero-order valence-electron chi connectivity index (χ0n) is 16.5. The van der Waals surface area contributed by atoms with Crippen molar-refractivity contribution in [1.82, 2.24) is 9.88 Å². The Labute approximate surface area is 171 Å². The molecular weight excluding hydrogens is 364 g/mol. The van der Waals surface area contributed by atoms with E-state index in [0.717, 1.165) is 50.8 Å². The van der Waals surface area contributed by atoms with Crippen LogP contribution in [-0.4, -0.2) is 61.6 Å². The van der Waals surface area contributed by atoms with Crippen LogP contribution in [0.4, 0.5) is 17.2 Å². The Bertz CT molecular complexity index is 877. The molecule has 2 aliphatic heterocycles. The van der Waals surface area contributed by atoms with Gasteiger partial charge in [0.1, 0.15) is 5.82 Å². The lowest BCUT2D eigenvalue weighted by Crippen LogP contribution is -2.48. The number of benzene rings is 1. The predicted molar refractivity (Wildman–Crippen MR) is 114 cm³/mol. The van der Waals surface area contributed by atoms with E-state index in [-0.39, 0.29) is 5.91 Å². The van der Waals surface area contributed by atoms with E-state index in [9.17, 15) is 4.79 Å². The number of carbonyl (C=O) groups is 1. The molecule has 2 aliphatic rings. The van der Waals surface area contributed by atoms with Crippen molar-refractivity contribution in [1.29, 1.82) is 5.26 Å². The molecule has 150 valence electrons. The van der Waals surface area contributed by atoms with E-state index in [4.69, 9.17) is 5.26 Å². The lowest BCUT2D eigenvalue weighted by Gasteiger charge is -2.35. The Morgan fingerprint density at radius 1 is 1.00 bits per heavy atom. The smallest absolute Gasteiger partial charge is 0.238 e. The zero-order chi connectivity index (χ0) is 20.1. The first-order valence-corrected chi connectivity index (χ1v) is 10.2. The minimum absolute atomic E-state index is 0.0111. The van der Waals surface area contributed by atoms with E-state index in [2.05, 4.69) is 43.2 Å². The third kappa shape index (κ3) is 4.84. The van der Waals surface area contributed by atoms with E-state index in [1.165, 1.54) is 18.5 Å². The Morgan fingerprint density at radius 3 is 2.41 bits per heavy atom. The summed E-state index contributed by atoms with van der Waals surface area (Å²) in [6.45, 7) is 5.79. The highest BCUT2D eigenvalue weighted by atomic mass is 16.2. The van der Waals surface area contributed by atoms with Crippen molar-refractivity contribution in [3.63, 3.8) is 0 Å². The van der Waals surface area contributed by atoms with Crippen molar-refractivity contribution < 1.29 is 4.79 Å². The summed E-state index contributed by atoms with van der Waals surface area (Å²) in [6.07, 6.45) is 4.18. The van der Waals surface area contributed by atoms with E-state index < -0.39 is 0 Å². The number of nitrogens with one attached hydrogen (secondary N) is 1. The van der Waals surface area contributed by atoms with Gasteiger partial charge in [0.25, 0.3) is 0 Å². The van der Waals surface area contributed by atoms with Crippen molar-refractivity contribution in [2.45, 2.75) is 12.8 Å². The molecule has 1 N–H and O–H groups in total. The second-order valence-corrected chi connectivity index (χ2v) is 7.57. The largest absolute Gasteiger partial charge is 0.372 e. The van der Waals surface area contributed by atoms with Crippen LogP contribution in [0.15, 0.2) is 42.6 Å². The van der Waals surface area contributed by atoms with Gasteiger partial charge in [-0.1, -0.05) is 0 Å². The third-order valence-electron chi connectivity index (χ3n) is 5.56. The van der Waals surface area contributed by atoms with Gasteiger partial charge in [0.15, 0.2) is 0 Å². The van der Waals surface area contributed by atoms with Crippen LogP contribution in [0.25, 0.3) is 0 Å². The van der Waals surface area contributed by atoms with Gasteiger partial charge >= 0.3 is 0 Å².